The van der Waals surface area contributed by atoms with Crippen LogP contribution in [0, 0.1) is 10.8 Å². The van der Waals surface area contributed by atoms with E-state index in [1.165, 1.54) is 0 Å². The molecule has 17 heavy (non-hydrogen) atoms. The number of rotatable bonds is 5. The van der Waals surface area contributed by atoms with Crippen LogP contribution in [-0.2, 0) is 4.79 Å². The Morgan fingerprint density at radius 3 is 1.35 bits per heavy atom. The van der Waals surface area contributed by atoms with E-state index in [4.69, 9.17) is 20.4 Å². The summed E-state index contributed by atoms with van der Waals surface area (Å²) < 4.78 is 0. The highest BCUT2D eigenvalue weighted by Gasteiger charge is 2.24. The summed E-state index contributed by atoms with van der Waals surface area (Å²) in [4.78, 5) is 10.0. The van der Waals surface area contributed by atoms with E-state index in [-0.39, 0.29) is 31.7 Å². The number of carbonyl (C=O) groups is 1. The predicted octanol–water partition coefficient (Wildman–Crippen LogP) is 0.867. The third-order valence-electron chi connectivity index (χ3n) is 2.44. The van der Waals surface area contributed by atoms with Crippen LogP contribution in [0.5, 0.6) is 0 Å². The molecule has 0 atom stereocenters. The zero-order valence-electron chi connectivity index (χ0n) is 11.2. The molecule has 0 fully saturated rings. The molecule has 5 nitrogen and oxygen atoms in total. The van der Waals surface area contributed by atoms with E-state index in [1.54, 1.807) is 0 Å². The van der Waals surface area contributed by atoms with Gasteiger partial charge in [0, 0.05) is 5.41 Å². The van der Waals surface area contributed by atoms with Crippen LogP contribution in [0.15, 0.2) is 0 Å². The number of hydrogen-bond acceptors (Lipinski definition) is 4. The molecule has 0 unspecified atom stereocenters. The first kappa shape index (κ1) is 18.7. The molecule has 0 rings (SSSR count). The summed E-state index contributed by atoms with van der Waals surface area (Å²) in [6.07, 6.45) is 0.837. The minimum Gasteiger partial charge on any atom is -0.481 e. The second kappa shape index (κ2) is 8.44. The Hall–Kier alpha value is -0.650. The molecule has 0 amide bonds. The smallest absolute Gasteiger partial charge is 0.303 e. The van der Waals surface area contributed by atoms with E-state index in [0.29, 0.717) is 6.42 Å². The first-order valence-electron chi connectivity index (χ1n) is 5.70. The topological polar surface area (TPSA) is 98.0 Å². The van der Waals surface area contributed by atoms with E-state index in [9.17, 15) is 4.79 Å². The van der Waals surface area contributed by atoms with Crippen LogP contribution in [0.25, 0.3) is 0 Å². The van der Waals surface area contributed by atoms with Gasteiger partial charge in [0.05, 0.1) is 26.2 Å². The highest BCUT2D eigenvalue weighted by atomic mass is 16.4. The maximum Gasteiger partial charge on any atom is 0.303 e. The number of carboxylic acid groups (broad SMARTS) is 1. The summed E-state index contributed by atoms with van der Waals surface area (Å²) in [5, 5.41) is 34.2. The van der Waals surface area contributed by atoms with Crippen molar-refractivity contribution < 1.29 is 25.2 Å². The minimum absolute atomic E-state index is 0.0775. The molecule has 0 aliphatic heterocycles. The number of carboxylic acids is 1. The first-order valence-corrected chi connectivity index (χ1v) is 5.70. The van der Waals surface area contributed by atoms with Gasteiger partial charge in [-0.15, -0.1) is 0 Å². The van der Waals surface area contributed by atoms with Crippen molar-refractivity contribution in [2.45, 2.75) is 40.5 Å². The molecule has 0 spiro atoms. The Bertz CT molecular complexity index is 186. The Morgan fingerprint density at radius 2 is 1.35 bits per heavy atom. The van der Waals surface area contributed by atoms with Crippen LogP contribution < -0.4 is 0 Å². The fraction of sp³-hybridized carbons (Fsp3) is 0.917. The van der Waals surface area contributed by atoms with Crippen LogP contribution in [0.4, 0.5) is 0 Å². The van der Waals surface area contributed by atoms with Gasteiger partial charge in [-0.1, -0.05) is 27.7 Å². The molecule has 0 radical (unpaired) electrons. The average Bonchev–Trinajstić information content (AvgIpc) is 2.19. The maximum absolute atomic E-state index is 10.0. The van der Waals surface area contributed by atoms with Crippen molar-refractivity contribution in [3.05, 3.63) is 0 Å². The number of aliphatic hydroxyl groups is 3. The third kappa shape index (κ3) is 10.2. The SMILES string of the molecule is CC(C)(C)CC(=O)O.CCC(CO)(CO)CO. The van der Waals surface area contributed by atoms with E-state index in [0.717, 1.165) is 0 Å². The molecule has 0 aromatic rings. The number of aliphatic carboxylic acids is 1. The average molecular weight is 250 g/mol. The van der Waals surface area contributed by atoms with Gasteiger partial charge in [0.15, 0.2) is 0 Å². The fourth-order valence-electron chi connectivity index (χ4n) is 0.939. The van der Waals surface area contributed by atoms with Crippen molar-refractivity contribution >= 4 is 5.97 Å². The van der Waals surface area contributed by atoms with Gasteiger partial charge in [0.25, 0.3) is 0 Å². The largest absolute Gasteiger partial charge is 0.481 e. The molecule has 0 aromatic heterocycles. The van der Waals surface area contributed by atoms with Crippen molar-refractivity contribution in [1.29, 1.82) is 0 Å². The standard InChI is InChI=1S/C6H14O3.C6H12O2/c1-2-6(3-7,4-8)5-9;1-6(2,3)4-5(7)8/h7-9H,2-5H2,1H3;4H2,1-3H3,(H,7,8). The third-order valence-corrected chi connectivity index (χ3v) is 2.44. The molecule has 0 bridgehead atoms. The highest BCUT2D eigenvalue weighted by molar-refractivity contribution is 5.67. The van der Waals surface area contributed by atoms with Crippen LogP contribution >= 0.6 is 0 Å². The van der Waals surface area contributed by atoms with Gasteiger partial charge in [-0.3, -0.25) is 4.79 Å². The zero-order valence-corrected chi connectivity index (χ0v) is 11.2. The molecule has 0 saturated carbocycles. The molecule has 0 saturated heterocycles. The lowest BCUT2D eigenvalue weighted by Gasteiger charge is -2.24. The number of hydrogen-bond donors (Lipinski definition) is 4. The Kier molecular flexibility index (Phi) is 9.29. The van der Waals surface area contributed by atoms with Crippen molar-refractivity contribution in [1.82, 2.24) is 0 Å². The summed E-state index contributed by atoms with van der Waals surface area (Å²) in [5.41, 5.74) is -0.744. The second-order valence-corrected chi connectivity index (χ2v) is 5.46. The Morgan fingerprint density at radius 1 is 1.00 bits per heavy atom. The molecule has 4 N–H and O–H groups in total. The molecule has 5 heteroatoms. The van der Waals surface area contributed by atoms with Crippen LogP contribution in [0.2, 0.25) is 0 Å². The summed E-state index contributed by atoms with van der Waals surface area (Å²) >= 11 is 0. The van der Waals surface area contributed by atoms with Crippen LogP contribution in [0.1, 0.15) is 40.5 Å². The zero-order chi connectivity index (χ0) is 14.1. The minimum atomic E-state index is -0.725. The van der Waals surface area contributed by atoms with Gasteiger partial charge in [-0.2, -0.15) is 0 Å². The van der Waals surface area contributed by atoms with Crippen molar-refractivity contribution in [2.24, 2.45) is 10.8 Å². The van der Waals surface area contributed by atoms with Gasteiger partial charge in [-0.25, -0.2) is 0 Å². The van der Waals surface area contributed by atoms with Crippen molar-refractivity contribution in [3.63, 3.8) is 0 Å². The first-order chi connectivity index (χ1) is 7.66. The molecular weight excluding hydrogens is 224 g/mol. The number of aliphatic hydroxyl groups excluding tert-OH is 3. The Balaban J connectivity index is 0. The van der Waals surface area contributed by atoms with Crippen molar-refractivity contribution in [2.75, 3.05) is 19.8 Å². The lowest BCUT2D eigenvalue weighted by atomic mass is 9.88. The molecule has 0 aliphatic carbocycles. The molecule has 0 heterocycles. The van der Waals surface area contributed by atoms with Gasteiger partial charge in [-0.05, 0) is 11.8 Å². The lowest BCUT2D eigenvalue weighted by molar-refractivity contribution is -0.139. The van der Waals surface area contributed by atoms with Gasteiger partial charge < -0.3 is 20.4 Å². The van der Waals surface area contributed by atoms with E-state index in [2.05, 4.69) is 0 Å². The van der Waals surface area contributed by atoms with Crippen LogP contribution in [-0.4, -0.2) is 46.2 Å². The lowest BCUT2D eigenvalue weighted by Crippen LogP contribution is -2.32. The van der Waals surface area contributed by atoms with E-state index < -0.39 is 11.4 Å². The summed E-state index contributed by atoms with van der Waals surface area (Å²) in [6.45, 7) is 7.06. The summed E-state index contributed by atoms with van der Waals surface area (Å²) in [5.74, 6) is -0.725. The summed E-state index contributed by atoms with van der Waals surface area (Å²) in [7, 11) is 0. The molecular formula is C12H26O5. The predicted molar refractivity (Wildman–Crippen MR) is 65.7 cm³/mol. The van der Waals surface area contributed by atoms with Crippen molar-refractivity contribution in [3.8, 4) is 0 Å². The van der Waals surface area contributed by atoms with E-state index in [1.807, 2.05) is 27.7 Å². The monoisotopic (exact) mass is 250 g/mol. The fourth-order valence-corrected chi connectivity index (χ4v) is 0.939. The quantitative estimate of drug-likeness (QED) is 0.580. The van der Waals surface area contributed by atoms with Gasteiger partial charge in [0.1, 0.15) is 0 Å². The summed E-state index contributed by atoms with van der Waals surface area (Å²) in [6, 6.07) is 0. The normalized spacial score (nSPS) is 11.7. The second-order valence-electron chi connectivity index (χ2n) is 5.46. The van der Waals surface area contributed by atoms with Gasteiger partial charge in [0.2, 0.25) is 0 Å². The van der Waals surface area contributed by atoms with Crippen LogP contribution in [0.3, 0.4) is 0 Å². The molecule has 0 aromatic carbocycles. The van der Waals surface area contributed by atoms with Gasteiger partial charge >= 0.3 is 5.97 Å². The maximum atomic E-state index is 10.0. The highest BCUT2D eigenvalue weighted by Crippen LogP contribution is 2.18. The Labute approximate surface area is 103 Å². The molecule has 0 aliphatic rings. The molecule has 104 valence electrons. The van der Waals surface area contributed by atoms with E-state index >= 15 is 0 Å².